The zero-order valence-corrected chi connectivity index (χ0v) is 17.7. The molecule has 8 nitrogen and oxygen atoms in total. The normalized spacial score (nSPS) is 10.6. The van der Waals surface area contributed by atoms with Gasteiger partial charge in [-0.25, -0.2) is 4.98 Å². The molecule has 0 spiro atoms. The van der Waals surface area contributed by atoms with Crippen LogP contribution >= 0.6 is 11.3 Å². The highest BCUT2D eigenvalue weighted by Crippen LogP contribution is 2.38. The minimum atomic E-state index is -0.833. The van der Waals surface area contributed by atoms with E-state index in [2.05, 4.69) is 62.7 Å². The van der Waals surface area contributed by atoms with E-state index < -0.39 is 5.97 Å². The standard InChI is InChI=1S/C20H16N6S.C2H4O2/c1-11-2-3-16-12(6-11)8-17(27-16)15-9-14(7-13-10-23-26-19(13)15)24-18-4-5-22-20(21)25-18;1-2(3)4/h2-10H,1H3,(H,23,26)(H3,21,22,24,25);1H3,(H,3,4). The molecule has 2 aromatic carbocycles. The van der Waals surface area contributed by atoms with Gasteiger partial charge < -0.3 is 16.2 Å². The van der Waals surface area contributed by atoms with Crippen LogP contribution in [0.4, 0.5) is 17.5 Å². The number of hydrogen-bond acceptors (Lipinski definition) is 7. The molecule has 0 unspecified atom stereocenters. The van der Waals surface area contributed by atoms with Crippen molar-refractivity contribution in [2.45, 2.75) is 13.8 Å². The molecule has 0 amide bonds. The van der Waals surface area contributed by atoms with Crippen molar-refractivity contribution < 1.29 is 9.90 Å². The van der Waals surface area contributed by atoms with Gasteiger partial charge in [0.1, 0.15) is 5.82 Å². The molecule has 5 rings (SSSR count). The number of rotatable bonds is 3. The molecule has 0 atom stereocenters. The van der Waals surface area contributed by atoms with Gasteiger partial charge in [0.25, 0.3) is 5.97 Å². The van der Waals surface area contributed by atoms with E-state index in [1.165, 1.54) is 20.5 Å². The number of nitrogens with one attached hydrogen (secondary N) is 2. The van der Waals surface area contributed by atoms with Crippen LogP contribution in [0.25, 0.3) is 31.4 Å². The topological polar surface area (TPSA) is 130 Å². The smallest absolute Gasteiger partial charge is 0.300 e. The minimum absolute atomic E-state index is 0.240. The molecular formula is C22H20N6O2S. The highest BCUT2D eigenvalue weighted by atomic mass is 32.1. The fraction of sp³-hybridized carbons (Fsp3) is 0.0909. The Hall–Kier alpha value is -3.98. The summed E-state index contributed by atoms with van der Waals surface area (Å²) in [6.07, 6.45) is 3.46. The molecule has 3 heterocycles. The van der Waals surface area contributed by atoms with Crippen molar-refractivity contribution in [3.8, 4) is 10.4 Å². The number of carboxylic acids is 1. The number of aromatic nitrogens is 4. The monoisotopic (exact) mass is 432 g/mol. The summed E-state index contributed by atoms with van der Waals surface area (Å²) in [5.74, 6) is 0.0627. The Kier molecular flexibility index (Phi) is 5.50. The number of carbonyl (C=O) groups is 1. The van der Waals surface area contributed by atoms with Crippen LogP contribution in [0.15, 0.2) is 54.9 Å². The van der Waals surface area contributed by atoms with Crippen molar-refractivity contribution >= 4 is 55.7 Å². The van der Waals surface area contributed by atoms with Gasteiger partial charge in [0.15, 0.2) is 0 Å². The van der Waals surface area contributed by atoms with Crippen molar-refractivity contribution in [1.82, 2.24) is 20.2 Å². The SMILES string of the molecule is CC(=O)O.Cc1ccc2sc(-c3cc(Nc4ccnc(N)n4)cc4cn[nH]c34)cc2c1. The Labute approximate surface area is 181 Å². The number of aryl methyl sites for hydroxylation is 1. The minimum Gasteiger partial charge on any atom is -0.481 e. The zero-order chi connectivity index (χ0) is 22.0. The Morgan fingerprint density at radius 2 is 1.97 bits per heavy atom. The Morgan fingerprint density at radius 3 is 2.74 bits per heavy atom. The van der Waals surface area contributed by atoms with Crippen molar-refractivity contribution in [2.75, 3.05) is 11.1 Å². The van der Waals surface area contributed by atoms with Crippen LogP contribution in [0.1, 0.15) is 12.5 Å². The summed E-state index contributed by atoms with van der Waals surface area (Å²) in [7, 11) is 0. The number of H-pyrrole nitrogens is 1. The average Bonchev–Trinajstić information content (AvgIpc) is 3.33. The molecule has 0 bridgehead atoms. The number of benzene rings is 2. The van der Waals surface area contributed by atoms with Gasteiger partial charge in [0.2, 0.25) is 5.95 Å². The van der Waals surface area contributed by atoms with E-state index >= 15 is 0 Å². The first-order chi connectivity index (χ1) is 14.9. The Bertz CT molecular complexity index is 1390. The second-order valence-corrected chi connectivity index (χ2v) is 8.04. The lowest BCUT2D eigenvalue weighted by atomic mass is 10.1. The summed E-state index contributed by atoms with van der Waals surface area (Å²) in [5.41, 5.74) is 9.99. The van der Waals surface area contributed by atoms with E-state index in [1.807, 2.05) is 12.3 Å². The Morgan fingerprint density at radius 1 is 1.16 bits per heavy atom. The highest BCUT2D eigenvalue weighted by molar-refractivity contribution is 7.22. The van der Waals surface area contributed by atoms with Gasteiger partial charge in [-0.05, 0) is 42.6 Å². The molecule has 5 N–H and O–H groups in total. The number of aliphatic carboxylic acids is 1. The Balaban J connectivity index is 0.000000535. The number of aromatic amines is 1. The molecule has 3 aromatic heterocycles. The van der Waals surface area contributed by atoms with Crippen LogP contribution in [-0.4, -0.2) is 31.2 Å². The van der Waals surface area contributed by atoms with Crippen molar-refractivity contribution in [3.05, 3.63) is 60.4 Å². The summed E-state index contributed by atoms with van der Waals surface area (Å²) < 4.78 is 1.27. The van der Waals surface area contributed by atoms with Crippen LogP contribution < -0.4 is 11.1 Å². The summed E-state index contributed by atoms with van der Waals surface area (Å²) in [6, 6.07) is 14.7. The van der Waals surface area contributed by atoms with Gasteiger partial charge in [-0.2, -0.15) is 10.1 Å². The molecular weight excluding hydrogens is 412 g/mol. The van der Waals surface area contributed by atoms with Gasteiger partial charge in [-0.3, -0.25) is 9.89 Å². The molecule has 9 heteroatoms. The average molecular weight is 433 g/mol. The first kappa shape index (κ1) is 20.3. The maximum absolute atomic E-state index is 9.00. The third kappa shape index (κ3) is 4.62. The molecule has 0 saturated carbocycles. The van der Waals surface area contributed by atoms with Crippen LogP contribution in [0.3, 0.4) is 0 Å². The zero-order valence-electron chi connectivity index (χ0n) is 16.9. The molecule has 0 aliphatic heterocycles. The van der Waals surface area contributed by atoms with Gasteiger partial charge >= 0.3 is 0 Å². The summed E-state index contributed by atoms with van der Waals surface area (Å²) in [5, 5.41) is 20.4. The maximum atomic E-state index is 9.00. The summed E-state index contributed by atoms with van der Waals surface area (Å²) in [4.78, 5) is 18.3. The van der Waals surface area contributed by atoms with E-state index in [9.17, 15) is 0 Å². The molecule has 0 fully saturated rings. The lowest BCUT2D eigenvalue weighted by molar-refractivity contribution is -0.134. The van der Waals surface area contributed by atoms with Crippen LogP contribution in [0.5, 0.6) is 0 Å². The van der Waals surface area contributed by atoms with E-state index in [-0.39, 0.29) is 5.95 Å². The molecule has 31 heavy (non-hydrogen) atoms. The van der Waals surface area contributed by atoms with Crippen LogP contribution in [-0.2, 0) is 4.79 Å². The van der Waals surface area contributed by atoms with Crippen molar-refractivity contribution in [1.29, 1.82) is 0 Å². The highest BCUT2D eigenvalue weighted by Gasteiger charge is 2.12. The van der Waals surface area contributed by atoms with Crippen molar-refractivity contribution in [3.63, 3.8) is 0 Å². The second kappa shape index (κ2) is 8.41. The molecule has 0 radical (unpaired) electrons. The first-order valence-electron chi connectivity index (χ1n) is 9.42. The molecule has 156 valence electrons. The predicted molar refractivity (Wildman–Crippen MR) is 125 cm³/mol. The van der Waals surface area contributed by atoms with E-state index in [0.29, 0.717) is 5.82 Å². The molecule has 5 aromatic rings. The largest absolute Gasteiger partial charge is 0.481 e. The van der Waals surface area contributed by atoms with E-state index in [0.717, 1.165) is 29.1 Å². The number of thiophene rings is 1. The van der Waals surface area contributed by atoms with Gasteiger partial charge in [0, 0.05) is 39.3 Å². The van der Waals surface area contributed by atoms with E-state index in [1.54, 1.807) is 23.6 Å². The van der Waals surface area contributed by atoms with Crippen LogP contribution in [0, 0.1) is 6.92 Å². The third-order valence-electron chi connectivity index (χ3n) is 4.43. The third-order valence-corrected chi connectivity index (χ3v) is 5.58. The quantitative estimate of drug-likeness (QED) is 0.317. The van der Waals surface area contributed by atoms with Gasteiger partial charge in [-0.15, -0.1) is 11.3 Å². The summed E-state index contributed by atoms with van der Waals surface area (Å²) >= 11 is 1.77. The van der Waals surface area contributed by atoms with Gasteiger partial charge in [0.05, 0.1) is 11.7 Å². The number of nitrogens with two attached hydrogens (primary N) is 1. The predicted octanol–water partition coefficient (Wildman–Crippen LogP) is 4.96. The number of hydrogen-bond donors (Lipinski definition) is 4. The second-order valence-electron chi connectivity index (χ2n) is 6.95. The first-order valence-corrected chi connectivity index (χ1v) is 10.2. The molecule has 0 aliphatic rings. The van der Waals surface area contributed by atoms with E-state index in [4.69, 9.17) is 15.6 Å². The maximum Gasteiger partial charge on any atom is 0.300 e. The number of fused-ring (bicyclic) bond motifs is 2. The number of anilines is 3. The lowest BCUT2D eigenvalue weighted by Crippen LogP contribution is -1.99. The molecule has 0 saturated heterocycles. The fourth-order valence-corrected chi connectivity index (χ4v) is 4.28. The van der Waals surface area contributed by atoms with Gasteiger partial charge in [-0.1, -0.05) is 17.7 Å². The van der Waals surface area contributed by atoms with Crippen LogP contribution in [0.2, 0.25) is 0 Å². The number of carboxylic acid groups (broad SMARTS) is 1. The molecule has 0 aliphatic carbocycles. The summed E-state index contributed by atoms with van der Waals surface area (Å²) in [6.45, 7) is 3.20. The number of nitrogen functional groups attached to an aromatic ring is 1. The fourth-order valence-electron chi connectivity index (χ4n) is 3.21. The lowest BCUT2D eigenvalue weighted by Gasteiger charge is -2.08. The number of nitrogens with zero attached hydrogens (tertiary/aromatic N) is 3. The van der Waals surface area contributed by atoms with Crippen molar-refractivity contribution in [2.24, 2.45) is 0 Å².